The highest BCUT2D eigenvalue weighted by Crippen LogP contribution is 2.31. The van der Waals surface area contributed by atoms with Crippen LogP contribution in [0.15, 0.2) is 23.0 Å². The molecule has 1 aliphatic rings. The number of rotatable bonds is 4. The van der Waals surface area contributed by atoms with Gasteiger partial charge in [-0.2, -0.15) is 4.98 Å². The number of carbonyl (C=O) groups excluding carboxylic acids is 1. The third-order valence-corrected chi connectivity index (χ3v) is 3.96. The van der Waals surface area contributed by atoms with Gasteiger partial charge in [-0.15, -0.1) is 0 Å². The molecule has 7 heteroatoms. The number of pyridine rings is 1. The van der Waals surface area contributed by atoms with Gasteiger partial charge in [0.25, 0.3) is 0 Å². The molecule has 2 aromatic rings. The molecule has 3 heterocycles. The molecular formula is C16H20N4O3. The number of hydrogen-bond donors (Lipinski definition) is 1. The second-order valence-electron chi connectivity index (χ2n) is 6.12. The fourth-order valence-electron chi connectivity index (χ4n) is 2.80. The molecule has 0 spiro atoms. The van der Waals surface area contributed by atoms with E-state index in [0.717, 1.165) is 12.8 Å². The second-order valence-corrected chi connectivity index (χ2v) is 6.12. The highest BCUT2D eigenvalue weighted by Gasteiger charge is 2.33. The van der Waals surface area contributed by atoms with Gasteiger partial charge in [0.2, 0.25) is 11.8 Å². The first kappa shape index (κ1) is 15.5. The summed E-state index contributed by atoms with van der Waals surface area (Å²) in [5, 5.41) is 13.5. The van der Waals surface area contributed by atoms with Gasteiger partial charge >= 0.3 is 0 Å². The molecule has 0 bridgehead atoms. The first-order valence-electron chi connectivity index (χ1n) is 7.80. The van der Waals surface area contributed by atoms with Crippen molar-refractivity contribution in [2.75, 3.05) is 6.54 Å². The number of hydrogen-bond acceptors (Lipinski definition) is 6. The highest BCUT2D eigenvalue weighted by atomic mass is 16.5. The van der Waals surface area contributed by atoms with Gasteiger partial charge in [0.15, 0.2) is 5.82 Å². The average Bonchev–Trinajstić information content (AvgIpc) is 3.16. The third-order valence-electron chi connectivity index (χ3n) is 3.96. The Morgan fingerprint density at radius 2 is 2.30 bits per heavy atom. The fourth-order valence-corrected chi connectivity index (χ4v) is 2.80. The highest BCUT2D eigenvalue weighted by molar-refractivity contribution is 5.79. The van der Waals surface area contributed by atoms with Crippen molar-refractivity contribution in [3.05, 3.63) is 35.7 Å². The summed E-state index contributed by atoms with van der Waals surface area (Å²) in [6, 6.07) is 1.42. The minimum absolute atomic E-state index is 0.0178. The van der Waals surface area contributed by atoms with Crippen LogP contribution in [0.1, 0.15) is 55.9 Å². The molecule has 1 aliphatic heterocycles. The molecule has 1 unspecified atom stereocenters. The first-order valence-corrected chi connectivity index (χ1v) is 7.80. The topological polar surface area (TPSA) is 92.4 Å². The monoisotopic (exact) mass is 316 g/mol. The molecule has 0 radical (unpaired) electrons. The largest absolute Gasteiger partial charge is 0.506 e. The Bertz CT molecular complexity index is 698. The maximum absolute atomic E-state index is 12.6. The van der Waals surface area contributed by atoms with E-state index in [2.05, 4.69) is 15.1 Å². The molecule has 2 aromatic heterocycles. The van der Waals surface area contributed by atoms with E-state index in [1.807, 2.05) is 13.8 Å². The van der Waals surface area contributed by atoms with Crippen molar-refractivity contribution >= 4 is 5.91 Å². The number of amides is 1. The predicted molar refractivity (Wildman–Crippen MR) is 81.7 cm³/mol. The molecule has 122 valence electrons. The summed E-state index contributed by atoms with van der Waals surface area (Å²) in [5.41, 5.74) is 0.691. The number of aromatic hydroxyl groups is 1. The SMILES string of the molecule is CC(C)c1nc(C2CCCN2C(=O)Cc2cncc(O)c2)no1. The summed E-state index contributed by atoms with van der Waals surface area (Å²) in [4.78, 5) is 22.7. The normalized spacial score (nSPS) is 17.9. The molecule has 0 saturated carbocycles. The zero-order chi connectivity index (χ0) is 16.4. The Morgan fingerprint density at radius 3 is 3.00 bits per heavy atom. The van der Waals surface area contributed by atoms with Crippen molar-refractivity contribution < 1.29 is 14.4 Å². The molecule has 0 aromatic carbocycles. The molecule has 1 fully saturated rings. The molecule has 3 rings (SSSR count). The number of nitrogens with zero attached hydrogens (tertiary/aromatic N) is 4. The van der Waals surface area contributed by atoms with Gasteiger partial charge in [0.05, 0.1) is 18.7 Å². The lowest BCUT2D eigenvalue weighted by Gasteiger charge is -2.22. The van der Waals surface area contributed by atoms with Crippen LogP contribution in [-0.4, -0.2) is 37.6 Å². The molecule has 0 aliphatic carbocycles. The summed E-state index contributed by atoms with van der Waals surface area (Å²) in [5.74, 6) is 1.38. The summed E-state index contributed by atoms with van der Waals surface area (Å²) >= 11 is 0. The van der Waals surface area contributed by atoms with Crippen LogP contribution in [0.4, 0.5) is 0 Å². The van der Waals surface area contributed by atoms with E-state index in [1.54, 1.807) is 17.2 Å². The van der Waals surface area contributed by atoms with Gasteiger partial charge in [0, 0.05) is 18.7 Å². The van der Waals surface area contributed by atoms with Crippen LogP contribution in [0.2, 0.25) is 0 Å². The van der Waals surface area contributed by atoms with Crippen LogP contribution in [0, 0.1) is 0 Å². The molecular weight excluding hydrogens is 296 g/mol. The smallest absolute Gasteiger partial charge is 0.229 e. The van der Waals surface area contributed by atoms with Crippen LogP contribution >= 0.6 is 0 Å². The van der Waals surface area contributed by atoms with E-state index < -0.39 is 0 Å². The molecule has 1 saturated heterocycles. The van der Waals surface area contributed by atoms with Crippen molar-refractivity contribution in [2.24, 2.45) is 0 Å². The lowest BCUT2D eigenvalue weighted by molar-refractivity contribution is -0.131. The maximum atomic E-state index is 12.6. The van der Waals surface area contributed by atoms with E-state index in [1.165, 1.54) is 6.20 Å². The van der Waals surface area contributed by atoms with Crippen LogP contribution in [0.3, 0.4) is 0 Å². The average molecular weight is 316 g/mol. The van der Waals surface area contributed by atoms with E-state index in [-0.39, 0.29) is 30.0 Å². The van der Waals surface area contributed by atoms with Crippen molar-refractivity contribution in [1.29, 1.82) is 0 Å². The summed E-state index contributed by atoms with van der Waals surface area (Å²) in [7, 11) is 0. The molecule has 1 N–H and O–H groups in total. The number of aromatic nitrogens is 3. The molecule has 23 heavy (non-hydrogen) atoms. The van der Waals surface area contributed by atoms with Crippen LogP contribution in [0.5, 0.6) is 5.75 Å². The zero-order valence-electron chi connectivity index (χ0n) is 13.3. The van der Waals surface area contributed by atoms with Gasteiger partial charge in [-0.25, -0.2) is 0 Å². The van der Waals surface area contributed by atoms with Crippen molar-refractivity contribution in [2.45, 2.75) is 45.1 Å². The first-order chi connectivity index (χ1) is 11.0. The van der Waals surface area contributed by atoms with Crippen molar-refractivity contribution in [3.63, 3.8) is 0 Å². The van der Waals surface area contributed by atoms with Gasteiger partial charge in [-0.3, -0.25) is 9.78 Å². The lowest BCUT2D eigenvalue weighted by atomic mass is 10.1. The van der Waals surface area contributed by atoms with Crippen LogP contribution < -0.4 is 0 Å². The zero-order valence-corrected chi connectivity index (χ0v) is 13.3. The molecule has 1 atom stereocenters. The molecule has 1 amide bonds. The van der Waals surface area contributed by atoms with E-state index in [9.17, 15) is 9.90 Å². The molecule has 7 nitrogen and oxygen atoms in total. The third kappa shape index (κ3) is 3.33. The van der Waals surface area contributed by atoms with Crippen molar-refractivity contribution in [1.82, 2.24) is 20.0 Å². The van der Waals surface area contributed by atoms with Gasteiger partial charge in [0.1, 0.15) is 5.75 Å². The Morgan fingerprint density at radius 1 is 1.48 bits per heavy atom. The lowest BCUT2D eigenvalue weighted by Crippen LogP contribution is -2.32. The van der Waals surface area contributed by atoms with E-state index in [0.29, 0.717) is 23.8 Å². The quantitative estimate of drug-likeness (QED) is 0.929. The summed E-state index contributed by atoms with van der Waals surface area (Å²) in [6.45, 7) is 4.66. The van der Waals surface area contributed by atoms with Gasteiger partial charge < -0.3 is 14.5 Å². The van der Waals surface area contributed by atoms with Gasteiger partial charge in [-0.1, -0.05) is 19.0 Å². The van der Waals surface area contributed by atoms with Gasteiger partial charge in [-0.05, 0) is 24.5 Å². The van der Waals surface area contributed by atoms with Crippen LogP contribution in [-0.2, 0) is 11.2 Å². The standard InChI is InChI=1S/C16H20N4O3/c1-10(2)16-18-15(19-23-16)13-4-3-5-20(13)14(22)7-11-6-12(21)9-17-8-11/h6,8-10,13,21H,3-5,7H2,1-2H3. The summed E-state index contributed by atoms with van der Waals surface area (Å²) < 4.78 is 5.26. The Hall–Kier alpha value is -2.44. The predicted octanol–water partition coefficient (Wildman–Crippen LogP) is 2.20. The minimum atomic E-state index is -0.135. The second kappa shape index (κ2) is 6.36. The Balaban J connectivity index is 1.74. The summed E-state index contributed by atoms with van der Waals surface area (Å²) in [6.07, 6.45) is 4.89. The van der Waals surface area contributed by atoms with Crippen molar-refractivity contribution in [3.8, 4) is 5.75 Å². The Kier molecular flexibility index (Phi) is 4.27. The van der Waals surface area contributed by atoms with Crippen LogP contribution in [0.25, 0.3) is 0 Å². The van der Waals surface area contributed by atoms with E-state index >= 15 is 0 Å². The van der Waals surface area contributed by atoms with E-state index in [4.69, 9.17) is 4.52 Å². The maximum Gasteiger partial charge on any atom is 0.229 e. The minimum Gasteiger partial charge on any atom is -0.506 e. The number of likely N-dealkylation sites (tertiary alicyclic amines) is 1. The number of carbonyl (C=O) groups is 1. The Labute approximate surface area is 134 Å². The fraction of sp³-hybridized carbons (Fsp3) is 0.500.